The minimum absolute atomic E-state index is 0.508. The number of nitrogens with zero attached hydrogens (tertiary/aromatic N) is 1. The summed E-state index contributed by atoms with van der Waals surface area (Å²) >= 11 is 0. The molecule has 94 valence electrons. The van der Waals surface area contributed by atoms with Crippen LogP contribution in [-0.4, -0.2) is 4.98 Å². The van der Waals surface area contributed by atoms with E-state index in [0.29, 0.717) is 18.3 Å². The van der Waals surface area contributed by atoms with E-state index in [1.807, 2.05) is 18.2 Å². The van der Waals surface area contributed by atoms with Gasteiger partial charge >= 0.3 is 0 Å². The Balaban J connectivity index is 1.95. The lowest BCUT2D eigenvalue weighted by Gasteiger charge is -2.09. The smallest absolute Gasteiger partial charge is 0.123 e. The maximum atomic E-state index is 5.69. The Morgan fingerprint density at radius 2 is 1.83 bits per heavy atom. The van der Waals surface area contributed by atoms with Crippen LogP contribution in [0.4, 0.5) is 5.82 Å². The highest BCUT2D eigenvalue weighted by atomic mass is 16.5. The molecule has 0 aliphatic heterocycles. The lowest BCUT2D eigenvalue weighted by molar-refractivity contribution is 0.305. The number of hydrogen-bond donors (Lipinski definition) is 1. The molecule has 0 spiro atoms. The fraction of sp³-hybridized carbons (Fsp3) is 0.267. The molecule has 0 aliphatic carbocycles. The molecule has 3 heteroatoms. The number of nitrogen functional groups attached to an aromatic ring is 1. The van der Waals surface area contributed by atoms with E-state index < -0.39 is 0 Å². The average molecular weight is 242 g/mol. The monoisotopic (exact) mass is 242 g/mol. The summed E-state index contributed by atoms with van der Waals surface area (Å²) in [6.07, 6.45) is 1.73. The number of pyridine rings is 1. The first-order chi connectivity index (χ1) is 8.65. The van der Waals surface area contributed by atoms with Gasteiger partial charge in [-0.15, -0.1) is 0 Å². The van der Waals surface area contributed by atoms with Gasteiger partial charge in [-0.3, -0.25) is 0 Å². The zero-order valence-electron chi connectivity index (χ0n) is 10.8. The fourth-order valence-corrected chi connectivity index (χ4v) is 1.64. The zero-order valence-corrected chi connectivity index (χ0v) is 10.8. The summed E-state index contributed by atoms with van der Waals surface area (Å²) in [6.45, 7) is 4.86. The number of benzene rings is 1. The summed E-state index contributed by atoms with van der Waals surface area (Å²) < 4.78 is 5.69. The maximum Gasteiger partial charge on any atom is 0.123 e. The second kappa shape index (κ2) is 5.54. The Bertz CT molecular complexity index is 489. The largest absolute Gasteiger partial charge is 0.489 e. The van der Waals surface area contributed by atoms with Gasteiger partial charge in [0.15, 0.2) is 0 Å². The first kappa shape index (κ1) is 12.4. The van der Waals surface area contributed by atoms with Gasteiger partial charge in [-0.1, -0.05) is 32.0 Å². The van der Waals surface area contributed by atoms with Crippen molar-refractivity contribution >= 4 is 5.82 Å². The van der Waals surface area contributed by atoms with Crippen LogP contribution in [0.2, 0.25) is 0 Å². The second-order valence-corrected chi connectivity index (χ2v) is 4.60. The quantitative estimate of drug-likeness (QED) is 0.894. The summed E-state index contributed by atoms with van der Waals surface area (Å²) in [6, 6.07) is 11.9. The van der Waals surface area contributed by atoms with Gasteiger partial charge in [0.1, 0.15) is 18.2 Å². The molecule has 1 aromatic carbocycles. The molecule has 2 N–H and O–H groups in total. The SMILES string of the molecule is CC(C)c1ccc(OCc2ccc(N)nc2)cc1. The van der Waals surface area contributed by atoms with E-state index in [4.69, 9.17) is 10.5 Å². The molecule has 0 atom stereocenters. The minimum Gasteiger partial charge on any atom is -0.489 e. The molecule has 0 saturated heterocycles. The van der Waals surface area contributed by atoms with Crippen LogP contribution in [0, 0.1) is 0 Å². The molecule has 0 saturated carbocycles. The number of aromatic nitrogens is 1. The highest BCUT2D eigenvalue weighted by Crippen LogP contribution is 2.19. The first-order valence-corrected chi connectivity index (χ1v) is 6.08. The van der Waals surface area contributed by atoms with Crippen LogP contribution in [-0.2, 0) is 6.61 Å². The summed E-state index contributed by atoms with van der Waals surface area (Å²) in [4.78, 5) is 4.03. The van der Waals surface area contributed by atoms with Gasteiger partial charge in [0.2, 0.25) is 0 Å². The predicted molar refractivity (Wildman–Crippen MR) is 73.5 cm³/mol. The Labute approximate surface area is 108 Å². The highest BCUT2D eigenvalue weighted by Gasteiger charge is 2.00. The van der Waals surface area contributed by atoms with Crippen LogP contribution in [0.5, 0.6) is 5.75 Å². The average Bonchev–Trinajstić information content (AvgIpc) is 2.38. The molecule has 0 bridgehead atoms. The molecule has 0 fully saturated rings. The van der Waals surface area contributed by atoms with Gasteiger partial charge < -0.3 is 10.5 Å². The molecule has 1 aromatic heterocycles. The van der Waals surface area contributed by atoms with E-state index in [-0.39, 0.29) is 0 Å². The normalized spacial score (nSPS) is 10.6. The van der Waals surface area contributed by atoms with Gasteiger partial charge in [0, 0.05) is 11.8 Å². The summed E-state index contributed by atoms with van der Waals surface area (Å²) in [5.74, 6) is 1.94. The predicted octanol–water partition coefficient (Wildman–Crippen LogP) is 3.37. The molecule has 3 nitrogen and oxygen atoms in total. The van der Waals surface area contributed by atoms with Crippen molar-refractivity contribution in [1.29, 1.82) is 0 Å². The van der Waals surface area contributed by atoms with E-state index in [1.54, 1.807) is 12.3 Å². The molecule has 0 amide bonds. The Hall–Kier alpha value is -2.03. The summed E-state index contributed by atoms with van der Waals surface area (Å²) in [5.41, 5.74) is 7.85. The van der Waals surface area contributed by atoms with Crippen molar-refractivity contribution in [1.82, 2.24) is 4.98 Å². The van der Waals surface area contributed by atoms with E-state index in [0.717, 1.165) is 11.3 Å². The Morgan fingerprint density at radius 1 is 1.11 bits per heavy atom. The van der Waals surface area contributed by atoms with E-state index >= 15 is 0 Å². The van der Waals surface area contributed by atoms with E-state index in [9.17, 15) is 0 Å². The van der Waals surface area contributed by atoms with Gasteiger partial charge in [-0.2, -0.15) is 0 Å². The van der Waals surface area contributed by atoms with Crippen molar-refractivity contribution in [3.05, 3.63) is 53.7 Å². The first-order valence-electron chi connectivity index (χ1n) is 6.08. The Kier molecular flexibility index (Phi) is 3.82. The number of hydrogen-bond acceptors (Lipinski definition) is 3. The van der Waals surface area contributed by atoms with Gasteiger partial charge in [0.05, 0.1) is 0 Å². The van der Waals surface area contributed by atoms with Crippen molar-refractivity contribution in [2.24, 2.45) is 0 Å². The molecule has 1 heterocycles. The van der Waals surface area contributed by atoms with Crippen LogP contribution >= 0.6 is 0 Å². The standard InChI is InChI=1S/C15H18N2O/c1-11(2)13-4-6-14(7-5-13)18-10-12-3-8-15(16)17-9-12/h3-9,11H,10H2,1-2H3,(H2,16,17). The van der Waals surface area contributed by atoms with Crippen LogP contribution in [0.25, 0.3) is 0 Å². The molecule has 0 unspecified atom stereocenters. The maximum absolute atomic E-state index is 5.69. The topological polar surface area (TPSA) is 48.1 Å². The number of nitrogens with two attached hydrogens (primary N) is 1. The third-order valence-electron chi connectivity index (χ3n) is 2.80. The number of anilines is 1. The van der Waals surface area contributed by atoms with Crippen molar-refractivity contribution in [2.75, 3.05) is 5.73 Å². The van der Waals surface area contributed by atoms with Crippen LogP contribution in [0.3, 0.4) is 0 Å². The fourth-order valence-electron chi connectivity index (χ4n) is 1.64. The molecule has 0 aliphatic rings. The molecule has 2 rings (SSSR count). The third kappa shape index (κ3) is 3.23. The molecule has 0 radical (unpaired) electrons. The summed E-state index contributed by atoms with van der Waals surface area (Å²) in [7, 11) is 0. The van der Waals surface area contributed by atoms with Crippen LogP contribution in [0.1, 0.15) is 30.9 Å². The van der Waals surface area contributed by atoms with Crippen molar-refractivity contribution < 1.29 is 4.74 Å². The summed E-state index contributed by atoms with van der Waals surface area (Å²) in [5, 5.41) is 0. The van der Waals surface area contributed by atoms with E-state index in [1.165, 1.54) is 5.56 Å². The van der Waals surface area contributed by atoms with Crippen LogP contribution in [0.15, 0.2) is 42.6 Å². The van der Waals surface area contributed by atoms with Crippen LogP contribution < -0.4 is 10.5 Å². The van der Waals surface area contributed by atoms with E-state index in [2.05, 4.69) is 31.0 Å². The number of rotatable bonds is 4. The molecular weight excluding hydrogens is 224 g/mol. The highest BCUT2D eigenvalue weighted by molar-refractivity contribution is 5.31. The van der Waals surface area contributed by atoms with Crippen molar-refractivity contribution in [3.63, 3.8) is 0 Å². The zero-order chi connectivity index (χ0) is 13.0. The second-order valence-electron chi connectivity index (χ2n) is 4.60. The van der Waals surface area contributed by atoms with Gasteiger partial charge in [-0.05, 0) is 29.7 Å². The number of ether oxygens (including phenoxy) is 1. The minimum atomic E-state index is 0.508. The molecular formula is C15H18N2O. The molecule has 2 aromatic rings. The lowest BCUT2D eigenvalue weighted by Crippen LogP contribution is -1.98. The lowest BCUT2D eigenvalue weighted by atomic mass is 10.0. The van der Waals surface area contributed by atoms with Crippen molar-refractivity contribution in [3.8, 4) is 5.75 Å². The Morgan fingerprint density at radius 3 is 2.39 bits per heavy atom. The van der Waals surface area contributed by atoms with Crippen molar-refractivity contribution in [2.45, 2.75) is 26.4 Å². The third-order valence-corrected chi connectivity index (χ3v) is 2.80. The van der Waals surface area contributed by atoms with Gasteiger partial charge in [-0.25, -0.2) is 4.98 Å². The van der Waals surface area contributed by atoms with Gasteiger partial charge in [0.25, 0.3) is 0 Å². The molecule has 18 heavy (non-hydrogen) atoms.